The Hall–Kier alpha value is -2.33. The van der Waals surface area contributed by atoms with E-state index >= 15 is 0 Å². The van der Waals surface area contributed by atoms with Crippen molar-refractivity contribution in [3.63, 3.8) is 0 Å². The summed E-state index contributed by atoms with van der Waals surface area (Å²) >= 11 is 0. The van der Waals surface area contributed by atoms with Gasteiger partial charge in [-0.15, -0.1) is 0 Å². The van der Waals surface area contributed by atoms with Gasteiger partial charge in [0.15, 0.2) is 5.76 Å². The first-order chi connectivity index (χ1) is 10.1. The lowest BCUT2D eigenvalue weighted by Crippen LogP contribution is -3.08. The van der Waals surface area contributed by atoms with E-state index in [1.54, 1.807) is 6.26 Å². The Kier molecular flexibility index (Phi) is 3.62. The quantitative estimate of drug-likeness (QED) is 0.703. The number of carbonyl (C=O) groups is 1. The van der Waals surface area contributed by atoms with Crippen LogP contribution in [0, 0.1) is 6.92 Å². The maximum absolute atomic E-state index is 12.6. The normalized spacial score (nSPS) is 12.7. The number of nitrogens with one attached hydrogen (secondary N) is 2. The second-order valence-corrected chi connectivity index (χ2v) is 5.48. The molecule has 108 valence electrons. The molecule has 4 nitrogen and oxygen atoms in total. The number of aromatic nitrogens is 1. The lowest BCUT2D eigenvalue weighted by Gasteiger charge is -2.11. The van der Waals surface area contributed by atoms with Crippen molar-refractivity contribution >= 4 is 16.7 Å². The number of carbonyl (C=O) groups excluding carboxylic acids is 1. The lowest BCUT2D eigenvalue weighted by atomic mass is 10.1. The van der Waals surface area contributed by atoms with Crippen LogP contribution in [0.4, 0.5) is 0 Å². The number of aryl methyl sites for hydroxylation is 1. The Morgan fingerprint density at radius 3 is 2.81 bits per heavy atom. The zero-order valence-corrected chi connectivity index (χ0v) is 12.3. The highest BCUT2D eigenvalue weighted by Gasteiger charge is 2.19. The largest absolute Gasteiger partial charge is 0.463 e. The molecule has 21 heavy (non-hydrogen) atoms. The Morgan fingerprint density at radius 1 is 1.24 bits per heavy atom. The molecule has 0 fully saturated rings. The average molecular weight is 283 g/mol. The predicted molar refractivity (Wildman–Crippen MR) is 81.5 cm³/mol. The highest BCUT2D eigenvalue weighted by molar-refractivity contribution is 6.09. The number of fused-ring (bicyclic) bond motifs is 1. The standard InChI is InChI=1S/C17H18N2O2/c1-12-17(14-7-3-4-8-15(14)18-12)16(20)11-19(2)10-13-6-5-9-21-13/h3-9,18H,10-11H2,1-2H3/p+1. The molecule has 2 aromatic heterocycles. The van der Waals surface area contributed by atoms with Crippen LogP contribution >= 0.6 is 0 Å². The van der Waals surface area contributed by atoms with E-state index in [4.69, 9.17) is 4.42 Å². The van der Waals surface area contributed by atoms with Gasteiger partial charge in [-0.2, -0.15) is 0 Å². The van der Waals surface area contributed by atoms with Crippen molar-refractivity contribution in [2.75, 3.05) is 13.6 Å². The second kappa shape index (κ2) is 5.58. The van der Waals surface area contributed by atoms with E-state index in [0.717, 1.165) is 32.8 Å². The monoisotopic (exact) mass is 283 g/mol. The van der Waals surface area contributed by atoms with E-state index in [9.17, 15) is 4.79 Å². The number of benzene rings is 1. The predicted octanol–water partition coefficient (Wildman–Crippen LogP) is 1.97. The minimum Gasteiger partial charge on any atom is -0.463 e. The van der Waals surface area contributed by atoms with Gasteiger partial charge in [0.1, 0.15) is 13.1 Å². The van der Waals surface area contributed by atoms with Gasteiger partial charge in [-0.3, -0.25) is 4.79 Å². The number of likely N-dealkylation sites (N-methyl/N-ethyl adjacent to an activating group) is 1. The molecule has 0 aliphatic heterocycles. The van der Waals surface area contributed by atoms with Crippen LogP contribution in [0.25, 0.3) is 10.9 Å². The number of furan rings is 1. The molecule has 0 saturated carbocycles. The molecule has 0 spiro atoms. The van der Waals surface area contributed by atoms with Crippen LogP contribution < -0.4 is 4.90 Å². The number of aromatic amines is 1. The summed E-state index contributed by atoms with van der Waals surface area (Å²) in [6, 6.07) is 11.7. The molecule has 2 N–H and O–H groups in total. The number of H-pyrrole nitrogens is 1. The molecule has 0 aliphatic carbocycles. The summed E-state index contributed by atoms with van der Waals surface area (Å²) in [4.78, 5) is 17.0. The van der Waals surface area contributed by atoms with Crippen LogP contribution in [0.3, 0.4) is 0 Å². The van der Waals surface area contributed by atoms with E-state index in [-0.39, 0.29) is 5.78 Å². The number of quaternary nitrogens is 1. The molecular weight excluding hydrogens is 264 g/mol. The Balaban J connectivity index is 1.79. The van der Waals surface area contributed by atoms with Gasteiger partial charge < -0.3 is 14.3 Å². The second-order valence-electron chi connectivity index (χ2n) is 5.48. The summed E-state index contributed by atoms with van der Waals surface area (Å²) in [5.41, 5.74) is 2.76. The molecule has 4 heteroatoms. The van der Waals surface area contributed by atoms with Gasteiger partial charge in [-0.05, 0) is 25.1 Å². The summed E-state index contributed by atoms with van der Waals surface area (Å²) in [5.74, 6) is 1.06. The fraction of sp³-hybridized carbons (Fsp3) is 0.235. The summed E-state index contributed by atoms with van der Waals surface area (Å²) < 4.78 is 5.33. The summed E-state index contributed by atoms with van der Waals surface area (Å²) in [7, 11) is 2.00. The maximum atomic E-state index is 12.6. The van der Waals surface area contributed by atoms with E-state index in [2.05, 4.69) is 4.98 Å². The van der Waals surface area contributed by atoms with Gasteiger partial charge in [0.05, 0.1) is 18.9 Å². The van der Waals surface area contributed by atoms with Crippen LogP contribution in [-0.4, -0.2) is 24.4 Å². The maximum Gasteiger partial charge on any atom is 0.219 e. The first-order valence-electron chi connectivity index (χ1n) is 7.09. The highest BCUT2D eigenvalue weighted by Crippen LogP contribution is 2.21. The molecular formula is C17H19N2O2+. The van der Waals surface area contributed by atoms with Crippen molar-refractivity contribution in [3.05, 3.63) is 59.7 Å². The highest BCUT2D eigenvalue weighted by atomic mass is 16.3. The Bertz CT molecular complexity index is 756. The minimum atomic E-state index is 0.161. The number of hydrogen-bond acceptors (Lipinski definition) is 2. The molecule has 0 bridgehead atoms. The van der Waals surface area contributed by atoms with Gasteiger partial charge >= 0.3 is 0 Å². The topological polar surface area (TPSA) is 50.4 Å². The molecule has 1 aromatic carbocycles. The molecule has 2 heterocycles. The van der Waals surface area contributed by atoms with Crippen molar-refractivity contribution in [2.24, 2.45) is 0 Å². The van der Waals surface area contributed by atoms with E-state index in [1.165, 1.54) is 0 Å². The molecule has 0 radical (unpaired) electrons. The smallest absolute Gasteiger partial charge is 0.219 e. The molecule has 3 rings (SSSR count). The van der Waals surface area contributed by atoms with Gasteiger partial charge in [0.2, 0.25) is 5.78 Å². The first kappa shape index (κ1) is 13.6. The zero-order chi connectivity index (χ0) is 14.8. The van der Waals surface area contributed by atoms with Crippen molar-refractivity contribution in [1.82, 2.24) is 4.98 Å². The number of Topliss-reactive ketones (excluding diaryl/α,β-unsaturated/α-hetero) is 1. The molecule has 1 unspecified atom stereocenters. The van der Waals surface area contributed by atoms with Crippen molar-refractivity contribution in [2.45, 2.75) is 13.5 Å². The average Bonchev–Trinajstić information content (AvgIpc) is 3.04. The van der Waals surface area contributed by atoms with E-state index in [0.29, 0.717) is 13.1 Å². The van der Waals surface area contributed by atoms with Crippen LogP contribution in [0.1, 0.15) is 21.8 Å². The summed E-state index contributed by atoms with van der Waals surface area (Å²) in [5, 5.41) is 1.01. The fourth-order valence-corrected chi connectivity index (χ4v) is 2.77. The van der Waals surface area contributed by atoms with E-state index in [1.807, 2.05) is 50.4 Å². The first-order valence-corrected chi connectivity index (χ1v) is 7.09. The number of rotatable bonds is 5. The van der Waals surface area contributed by atoms with E-state index < -0.39 is 0 Å². The van der Waals surface area contributed by atoms with Crippen molar-refractivity contribution in [1.29, 1.82) is 0 Å². The lowest BCUT2D eigenvalue weighted by molar-refractivity contribution is -0.885. The molecule has 3 aromatic rings. The minimum absolute atomic E-state index is 0.161. The molecule has 0 saturated heterocycles. The van der Waals surface area contributed by atoms with Gasteiger partial charge in [0.25, 0.3) is 0 Å². The van der Waals surface area contributed by atoms with Gasteiger partial charge in [-0.1, -0.05) is 18.2 Å². The third kappa shape index (κ3) is 2.76. The van der Waals surface area contributed by atoms with Crippen molar-refractivity contribution < 1.29 is 14.1 Å². The number of ketones is 1. The third-order valence-corrected chi connectivity index (χ3v) is 3.69. The Labute approximate surface area is 123 Å². The summed E-state index contributed by atoms with van der Waals surface area (Å²) in [6.07, 6.45) is 1.66. The fourth-order valence-electron chi connectivity index (χ4n) is 2.77. The third-order valence-electron chi connectivity index (χ3n) is 3.69. The van der Waals surface area contributed by atoms with Crippen LogP contribution in [0.2, 0.25) is 0 Å². The molecule has 0 aliphatic rings. The van der Waals surface area contributed by atoms with Gasteiger partial charge in [-0.25, -0.2) is 0 Å². The SMILES string of the molecule is Cc1[nH]c2ccccc2c1C(=O)C[NH+](C)Cc1ccco1. The van der Waals surface area contributed by atoms with Crippen LogP contribution in [0.5, 0.6) is 0 Å². The number of hydrogen-bond donors (Lipinski definition) is 2. The van der Waals surface area contributed by atoms with Crippen molar-refractivity contribution in [3.8, 4) is 0 Å². The summed E-state index contributed by atoms with van der Waals surface area (Å²) in [6.45, 7) is 3.11. The van der Waals surface area contributed by atoms with Gasteiger partial charge in [0, 0.05) is 16.6 Å². The molecule has 1 atom stereocenters. The van der Waals surface area contributed by atoms with Crippen LogP contribution in [-0.2, 0) is 6.54 Å². The Morgan fingerprint density at radius 2 is 2.05 bits per heavy atom. The zero-order valence-electron chi connectivity index (χ0n) is 12.3. The number of para-hydroxylation sites is 1. The molecule has 0 amide bonds. The van der Waals surface area contributed by atoms with Crippen LogP contribution in [0.15, 0.2) is 47.1 Å².